The number of carbonyl (C=O) groups is 1. The number of aromatic nitrogens is 2. The molecule has 0 aromatic carbocycles. The van der Waals surface area contributed by atoms with Crippen LogP contribution in [0.5, 0.6) is 0 Å². The Morgan fingerprint density at radius 2 is 2.38 bits per heavy atom. The van der Waals surface area contributed by atoms with Crippen molar-refractivity contribution in [1.82, 2.24) is 19.9 Å². The molecule has 8 heteroatoms. The van der Waals surface area contributed by atoms with E-state index in [1.54, 1.807) is 25.1 Å². The highest BCUT2D eigenvalue weighted by molar-refractivity contribution is 5.93. The maximum absolute atomic E-state index is 13.9. The molecule has 1 saturated heterocycles. The highest BCUT2D eigenvalue weighted by Gasteiger charge is 2.34. The molecule has 7 nitrogen and oxygen atoms in total. The summed E-state index contributed by atoms with van der Waals surface area (Å²) in [4.78, 5) is 20.3. The zero-order valence-electron chi connectivity index (χ0n) is 14.1. The first-order valence-corrected chi connectivity index (χ1v) is 8.26. The van der Waals surface area contributed by atoms with Gasteiger partial charge in [-0.2, -0.15) is 4.98 Å². The lowest BCUT2D eigenvalue weighted by atomic mass is 10.1. The van der Waals surface area contributed by atoms with Crippen molar-refractivity contribution in [3.63, 3.8) is 0 Å². The Hall–Kier alpha value is -1.96. The number of alkyl halides is 1. The van der Waals surface area contributed by atoms with Crippen LogP contribution < -0.4 is 0 Å². The molecule has 0 radical (unpaired) electrons. The Morgan fingerprint density at radius 3 is 3.04 bits per heavy atom. The molecular formula is C16H23FN4O3. The normalized spacial score (nSPS) is 24.5. The molecule has 0 bridgehead atoms. The van der Waals surface area contributed by atoms with Gasteiger partial charge in [0.05, 0.1) is 25.0 Å². The van der Waals surface area contributed by atoms with Crippen LogP contribution in [0, 0.1) is 6.92 Å². The van der Waals surface area contributed by atoms with E-state index in [-0.39, 0.29) is 11.9 Å². The molecule has 2 aliphatic rings. The predicted octanol–water partition coefficient (Wildman–Crippen LogP) is 1.44. The predicted molar refractivity (Wildman–Crippen MR) is 83.7 cm³/mol. The summed E-state index contributed by atoms with van der Waals surface area (Å²) in [6.45, 7) is 3.60. The fourth-order valence-electron chi connectivity index (χ4n) is 3.26. The third kappa shape index (κ3) is 3.92. The minimum Gasteiger partial charge on any atom is -0.501 e. The number of rotatable bonds is 5. The second-order valence-electron chi connectivity index (χ2n) is 6.45. The molecule has 3 heterocycles. The van der Waals surface area contributed by atoms with Crippen LogP contribution in [0.1, 0.15) is 31.0 Å². The second kappa shape index (κ2) is 7.29. The second-order valence-corrected chi connectivity index (χ2v) is 6.45. The van der Waals surface area contributed by atoms with Gasteiger partial charge in [-0.25, -0.2) is 4.39 Å². The molecule has 24 heavy (non-hydrogen) atoms. The van der Waals surface area contributed by atoms with Crippen molar-refractivity contribution < 1.29 is 18.4 Å². The lowest BCUT2D eigenvalue weighted by molar-refractivity contribution is -0.127. The summed E-state index contributed by atoms with van der Waals surface area (Å²) in [5, 5.41) is 3.87. The average Bonchev–Trinajstić information content (AvgIpc) is 3.13. The van der Waals surface area contributed by atoms with Crippen molar-refractivity contribution >= 4 is 5.91 Å². The summed E-state index contributed by atoms with van der Waals surface area (Å²) < 4.78 is 24.1. The van der Waals surface area contributed by atoms with Crippen LogP contribution in [0.3, 0.4) is 0 Å². The van der Waals surface area contributed by atoms with Gasteiger partial charge in [0.25, 0.3) is 5.91 Å². The molecule has 2 atom stereocenters. The van der Waals surface area contributed by atoms with E-state index in [0.717, 1.165) is 12.8 Å². The van der Waals surface area contributed by atoms with E-state index in [4.69, 9.17) is 9.26 Å². The summed E-state index contributed by atoms with van der Waals surface area (Å²) in [5.74, 6) is 0.991. The third-order valence-electron chi connectivity index (χ3n) is 4.43. The smallest absolute Gasteiger partial charge is 0.252 e. The van der Waals surface area contributed by atoms with Crippen molar-refractivity contribution in [1.29, 1.82) is 0 Å². The number of aryl methyl sites for hydroxylation is 1. The van der Waals surface area contributed by atoms with Crippen molar-refractivity contribution in [3.8, 4) is 0 Å². The fourth-order valence-corrected chi connectivity index (χ4v) is 3.26. The zero-order chi connectivity index (χ0) is 17.1. The number of likely N-dealkylation sites (tertiary alicyclic amines) is 1. The van der Waals surface area contributed by atoms with Gasteiger partial charge in [-0.05, 0) is 19.3 Å². The van der Waals surface area contributed by atoms with Crippen molar-refractivity contribution in [2.24, 2.45) is 0 Å². The molecular weight excluding hydrogens is 315 g/mol. The molecule has 1 fully saturated rings. The Balaban J connectivity index is 1.61. The van der Waals surface area contributed by atoms with E-state index in [2.05, 4.69) is 10.1 Å². The van der Waals surface area contributed by atoms with Crippen LogP contribution >= 0.6 is 0 Å². The summed E-state index contributed by atoms with van der Waals surface area (Å²) in [5.41, 5.74) is 0.680. The fraction of sp³-hybridized carbons (Fsp3) is 0.688. The molecule has 1 amide bonds. The quantitative estimate of drug-likeness (QED) is 0.809. The lowest BCUT2D eigenvalue weighted by Crippen LogP contribution is -2.41. The lowest BCUT2D eigenvalue weighted by Gasteiger charge is -2.28. The average molecular weight is 338 g/mol. The zero-order valence-corrected chi connectivity index (χ0v) is 14.1. The first kappa shape index (κ1) is 16.9. The van der Waals surface area contributed by atoms with E-state index >= 15 is 0 Å². The third-order valence-corrected chi connectivity index (χ3v) is 4.43. The van der Waals surface area contributed by atoms with Gasteiger partial charge in [-0.3, -0.25) is 9.69 Å². The van der Waals surface area contributed by atoms with Crippen LogP contribution in [-0.4, -0.2) is 64.8 Å². The Kier molecular flexibility index (Phi) is 5.13. The Labute approximate surface area is 140 Å². The summed E-state index contributed by atoms with van der Waals surface area (Å²) in [6, 6.07) is -0.0575. The maximum Gasteiger partial charge on any atom is 0.252 e. The van der Waals surface area contributed by atoms with Gasteiger partial charge in [0.15, 0.2) is 5.82 Å². The van der Waals surface area contributed by atoms with Gasteiger partial charge in [-0.1, -0.05) is 5.16 Å². The van der Waals surface area contributed by atoms with Gasteiger partial charge in [0.2, 0.25) is 5.89 Å². The Morgan fingerprint density at radius 1 is 1.54 bits per heavy atom. The highest BCUT2D eigenvalue weighted by atomic mass is 19.1. The summed E-state index contributed by atoms with van der Waals surface area (Å²) in [6.07, 6.45) is 2.64. The molecule has 0 saturated carbocycles. The summed E-state index contributed by atoms with van der Waals surface area (Å²) in [7, 11) is 1.75. The highest BCUT2D eigenvalue weighted by Crippen LogP contribution is 2.23. The first-order chi connectivity index (χ1) is 11.5. The van der Waals surface area contributed by atoms with E-state index in [1.807, 2.05) is 4.90 Å². The van der Waals surface area contributed by atoms with Crippen molar-refractivity contribution in [3.05, 3.63) is 23.6 Å². The summed E-state index contributed by atoms with van der Waals surface area (Å²) >= 11 is 0. The van der Waals surface area contributed by atoms with Crippen LogP contribution in [0.15, 0.2) is 16.4 Å². The number of nitrogens with zero attached hydrogens (tertiary/aromatic N) is 4. The minimum atomic E-state index is -0.899. The number of hydrogen-bond acceptors (Lipinski definition) is 6. The van der Waals surface area contributed by atoms with Gasteiger partial charge >= 0.3 is 0 Å². The van der Waals surface area contributed by atoms with Crippen LogP contribution in [0.25, 0.3) is 0 Å². The van der Waals surface area contributed by atoms with Crippen molar-refractivity contribution in [2.45, 2.75) is 44.9 Å². The molecule has 1 aromatic rings. The molecule has 132 valence electrons. The number of halogens is 1. The van der Waals surface area contributed by atoms with Crippen LogP contribution in [-0.2, 0) is 16.1 Å². The largest absolute Gasteiger partial charge is 0.501 e. The molecule has 1 aromatic heterocycles. The molecule has 2 aliphatic heterocycles. The van der Waals surface area contributed by atoms with E-state index < -0.39 is 6.17 Å². The first-order valence-electron chi connectivity index (χ1n) is 8.26. The Bertz CT molecular complexity index is 618. The molecule has 3 rings (SSSR count). The molecule has 0 unspecified atom stereocenters. The van der Waals surface area contributed by atoms with Crippen molar-refractivity contribution in [2.75, 3.05) is 26.7 Å². The maximum atomic E-state index is 13.9. The van der Waals surface area contributed by atoms with Gasteiger partial charge in [-0.15, -0.1) is 0 Å². The van der Waals surface area contributed by atoms with Gasteiger partial charge in [0, 0.05) is 33.1 Å². The van der Waals surface area contributed by atoms with Gasteiger partial charge < -0.3 is 14.2 Å². The number of amides is 1. The van der Waals surface area contributed by atoms with E-state index in [0.29, 0.717) is 50.0 Å². The molecule has 0 N–H and O–H groups in total. The van der Waals surface area contributed by atoms with Crippen LogP contribution in [0.2, 0.25) is 0 Å². The van der Waals surface area contributed by atoms with Crippen LogP contribution in [0.4, 0.5) is 4.39 Å². The van der Waals surface area contributed by atoms with E-state index in [9.17, 15) is 9.18 Å². The van der Waals surface area contributed by atoms with E-state index in [1.165, 1.54) is 0 Å². The number of likely N-dealkylation sites (N-methyl/N-ethyl adjacent to an activating group) is 1. The minimum absolute atomic E-state index is 0.0487. The number of carbonyl (C=O) groups excluding carboxylic acids is 1. The number of hydrogen-bond donors (Lipinski definition) is 0. The van der Waals surface area contributed by atoms with Gasteiger partial charge in [0.1, 0.15) is 6.17 Å². The molecule has 0 aliphatic carbocycles. The number of ether oxygens (including phenoxy) is 1. The standard InChI is InChI=1S/C16H23FN4O3/c1-11-18-15(19-24-11)9-21-7-13(17)6-14(21)8-20(2)16(22)12-4-3-5-23-10-12/h10,13-14H,3-9H2,1-2H3/t13-,14-/m0/s1. The monoisotopic (exact) mass is 338 g/mol. The topological polar surface area (TPSA) is 71.7 Å². The SMILES string of the molecule is Cc1nc(CN2C[C@@H](F)C[C@H]2CN(C)C(=O)C2=COCCC2)no1. The molecule has 0 spiro atoms.